The number of amides is 2. The lowest BCUT2D eigenvalue weighted by atomic mass is 10.2. The highest BCUT2D eigenvalue weighted by Gasteiger charge is 2.11. The van der Waals surface area contributed by atoms with E-state index in [1.54, 1.807) is 17.8 Å². The van der Waals surface area contributed by atoms with Crippen molar-refractivity contribution in [3.8, 4) is 0 Å². The Bertz CT molecular complexity index is 644. The van der Waals surface area contributed by atoms with Gasteiger partial charge in [-0.05, 0) is 17.7 Å². The van der Waals surface area contributed by atoms with Crippen molar-refractivity contribution in [3.05, 3.63) is 65.7 Å². The first-order chi connectivity index (χ1) is 10.7. The van der Waals surface area contributed by atoms with Gasteiger partial charge in [-0.25, -0.2) is 0 Å². The van der Waals surface area contributed by atoms with Crippen molar-refractivity contribution in [1.29, 1.82) is 0 Å². The summed E-state index contributed by atoms with van der Waals surface area (Å²) >= 11 is 1.62. The molecule has 0 fully saturated rings. The van der Waals surface area contributed by atoms with Crippen molar-refractivity contribution in [2.24, 2.45) is 5.73 Å². The van der Waals surface area contributed by atoms with Crippen molar-refractivity contribution in [1.82, 2.24) is 5.32 Å². The summed E-state index contributed by atoms with van der Waals surface area (Å²) in [4.78, 5) is 23.8. The first kappa shape index (κ1) is 16.1. The lowest BCUT2D eigenvalue weighted by Crippen LogP contribution is -2.28. The van der Waals surface area contributed by atoms with Gasteiger partial charge in [0, 0.05) is 23.6 Å². The Morgan fingerprint density at radius 1 is 1.00 bits per heavy atom. The van der Waals surface area contributed by atoms with Crippen LogP contribution in [0.25, 0.3) is 0 Å². The zero-order chi connectivity index (χ0) is 15.8. The van der Waals surface area contributed by atoms with Crippen LogP contribution in [-0.4, -0.2) is 18.4 Å². The number of carbonyl (C=O) groups excluding carboxylic acids is 2. The van der Waals surface area contributed by atoms with Gasteiger partial charge in [0.25, 0.3) is 5.91 Å². The number of nitrogens with one attached hydrogen (secondary N) is 1. The SMILES string of the molecule is NC(=O)CCNC(=O)c1ccccc1SCc1ccccc1. The standard InChI is InChI=1S/C17H18N2O2S/c18-16(20)10-11-19-17(21)14-8-4-5-9-15(14)22-12-13-6-2-1-3-7-13/h1-9H,10-12H2,(H2,18,20)(H,19,21). The molecule has 0 radical (unpaired) electrons. The molecule has 0 saturated heterocycles. The molecule has 0 bridgehead atoms. The van der Waals surface area contributed by atoms with Crippen molar-refractivity contribution in [3.63, 3.8) is 0 Å². The van der Waals surface area contributed by atoms with Gasteiger partial charge in [-0.1, -0.05) is 42.5 Å². The first-order valence-corrected chi connectivity index (χ1v) is 7.97. The van der Waals surface area contributed by atoms with Gasteiger partial charge in [-0.15, -0.1) is 11.8 Å². The predicted octanol–water partition coefficient (Wildman–Crippen LogP) is 2.58. The summed E-state index contributed by atoms with van der Waals surface area (Å²) in [7, 11) is 0. The maximum absolute atomic E-state index is 12.2. The van der Waals surface area contributed by atoms with E-state index in [9.17, 15) is 9.59 Å². The summed E-state index contributed by atoms with van der Waals surface area (Å²) in [5.74, 6) is 0.191. The average Bonchev–Trinajstić information content (AvgIpc) is 2.54. The number of thioether (sulfide) groups is 1. The summed E-state index contributed by atoms with van der Waals surface area (Å²) in [5, 5.41) is 2.72. The van der Waals surface area contributed by atoms with Crippen LogP contribution < -0.4 is 11.1 Å². The molecule has 0 unspecified atom stereocenters. The third-order valence-electron chi connectivity index (χ3n) is 3.03. The fraction of sp³-hybridized carbons (Fsp3) is 0.176. The second-order valence-corrected chi connectivity index (χ2v) is 5.76. The average molecular weight is 314 g/mol. The number of benzene rings is 2. The molecule has 5 heteroatoms. The van der Waals surface area contributed by atoms with E-state index < -0.39 is 5.91 Å². The molecule has 2 aromatic carbocycles. The van der Waals surface area contributed by atoms with E-state index in [-0.39, 0.29) is 18.9 Å². The summed E-state index contributed by atoms with van der Waals surface area (Å²) in [5.41, 5.74) is 6.89. The molecule has 0 atom stereocenters. The van der Waals surface area contributed by atoms with Crippen molar-refractivity contribution >= 4 is 23.6 Å². The highest BCUT2D eigenvalue weighted by molar-refractivity contribution is 7.98. The van der Waals surface area contributed by atoms with Crippen molar-refractivity contribution in [2.45, 2.75) is 17.1 Å². The van der Waals surface area contributed by atoms with E-state index in [1.165, 1.54) is 5.56 Å². The van der Waals surface area contributed by atoms with Crippen molar-refractivity contribution < 1.29 is 9.59 Å². The fourth-order valence-electron chi connectivity index (χ4n) is 1.91. The Balaban J connectivity index is 2.00. The number of carbonyl (C=O) groups is 2. The van der Waals surface area contributed by atoms with E-state index in [1.807, 2.05) is 36.4 Å². The summed E-state index contributed by atoms with van der Waals surface area (Å²) in [6.07, 6.45) is 0.144. The van der Waals surface area contributed by atoms with Crippen LogP contribution in [0.1, 0.15) is 22.3 Å². The highest BCUT2D eigenvalue weighted by atomic mass is 32.2. The van der Waals surface area contributed by atoms with E-state index >= 15 is 0 Å². The van der Waals surface area contributed by atoms with Gasteiger partial charge < -0.3 is 11.1 Å². The highest BCUT2D eigenvalue weighted by Crippen LogP contribution is 2.26. The molecule has 0 aliphatic rings. The molecule has 4 nitrogen and oxygen atoms in total. The molecular formula is C17H18N2O2S. The number of nitrogens with two attached hydrogens (primary N) is 1. The number of hydrogen-bond acceptors (Lipinski definition) is 3. The second-order valence-electron chi connectivity index (χ2n) is 4.74. The van der Waals surface area contributed by atoms with Gasteiger partial charge in [0.2, 0.25) is 5.91 Å². The zero-order valence-electron chi connectivity index (χ0n) is 12.1. The molecule has 2 aromatic rings. The molecule has 22 heavy (non-hydrogen) atoms. The first-order valence-electron chi connectivity index (χ1n) is 6.99. The van der Waals surface area contributed by atoms with E-state index in [0.717, 1.165) is 10.6 Å². The van der Waals surface area contributed by atoms with Crippen LogP contribution in [0.3, 0.4) is 0 Å². The van der Waals surface area contributed by atoms with Crippen LogP contribution in [0.15, 0.2) is 59.5 Å². The molecule has 3 N–H and O–H groups in total. The van der Waals surface area contributed by atoms with Crippen LogP contribution >= 0.6 is 11.8 Å². The van der Waals surface area contributed by atoms with Crippen LogP contribution in [-0.2, 0) is 10.5 Å². The minimum Gasteiger partial charge on any atom is -0.370 e. The minimum atomic E-state index is -0.424. The molecular weight excluding hydrogens is 296 g/mol. The monoisotopic (exact) mass is 314 g/mol. The number of hydrogen-bond donors (Lipinski definition) is 2. The Hall–Kier alpha value is -2.27. The Morgan fingerprint density at radius 2 is 1.68 bits per heavy atom. The molecule has 0 aliphatic carbocycles. The maximum atomic E-state index is 12.2. The Morgan fingerprint density at radius 3 is 2.41 bits per heavy atom. The van der Waals surface area contributed by atoms with E-state index in [0.29, 0.717) is 5.56 Å². The maximum Gasteiger partial charge on any atom is 0.252 e. The molecule has 0 spiro atoms. The number of primary amides is 1. The summed E-state index contributed by atoms with van der Waals surface area (Å²) in [6.45, 7) is 0.256. The predicted molar refractivity (Wildman–Crippen MR) is 88.6 cm³/mol. The quantitative estimate of drug-likeness (QED) is 0.772. The fourth-order valence-corrected chi connectivity index (χ4v) is 2.92. The minimum absolute atomic E-state index is 0.144. The van der Waals surface area contributed by atoms with Gasteiger partial charge in [0.05, 0.1) is 5.56 Å². The normalized spacial score (nSPS) is 10.2. The molecule has 0 heterocycles. The molecule has 0 aliphatic heterocycles. The Kier molecular flexibility index (Phi) is 6.03. The van der Waals surface area contributed by atoms with Crippen LogP contribution in [0.5, 0.6) is 0 Å². The number of rotatable bonds is 7. The smallest absolute Gasteiger partial charge is 0.252 e. The summed E-state index contributed by atoms with van der Waals surface area (Å²) in [6, 6.07) is 17.5. The third-order valence-corrected chi connectivity index (χ3v) is 4.17. The summed E-state index contributed by atoms with van der Waals surface area (Å²) < 4.78 is 0. The largest absolute Gasteiger partial charge is 0.370 e. The third kappa shape index (κ3) is 4.93. The zero-order valence-corrected chi connectivity index (χ0v) is 12.9. The Labute approximate surface area is 134 Å². The van der Waals surface area contributed by atoms with Gasteiger partial charge in [0.15, 0.2) is 0 Å². The second kappa shape index (κ2) is 8.24. The van der Waals surface area contributed by atoms with Gasteiger partial charge in [0.1, 0.15) is 0 Å². The molecule has 114 valence electrons. The topological polar surface area (TPSA) is 72.2 Å². The lowest BCUT2D eigenvalue weighted by Gasteiger charge is -2.09. The van der Waals surface area contributed by atoms with Crippen LogP contribution in [0.4, 0.5) is 0 Å². The lowest BCUT2D eigenvalue weighted by molar-refractivity contribution is -0.117. The molecule has 2 rings (SSSR count). The van der Waals surface area contributed by atoms with E-state index in [4.69, 9.17) is 5.73 Å². The van der Waals surface area contributed by atoms with Gasteiger partial charge in [-0.3, -0.25) is 9.59 Å². The van der Waals surface area contributed by atoms with Crippen molar-refractivity contribution in [2.75, 3.05) is 6.54 Å². The molecule has 0 saturated carbocycles. The van der Waals surface area contributed by atoms with E-state index in [2.05, 4.69) is 17.4 Å². The van der Waals surface area contributed by atoms with Gasteiger partial charge >= 0.3 is 0 Å². The van der Waals surface area contributed by atoms with Gasteiger partial charge in [-0.2, -0.15) is 0 Å². The van der Waals surface area contributed by atoms with Crippen LogP contribution in [0, 0.1) is 0 Å². The molecule has 2 amide bonds. The molecule has 0 aromatic heterocycles. The van der Waals surface area contributed by atoms with Crippen LogP contribution in [0.2, 0.25) is 0 Å².